The van der Waals surface area contributed by atoms with Crippen LogP contribution in [-0.4, -0.2) is 39.9 Å². The minimum atomic E-state index is 0.165. The molecular formula is C17H32N4. The lowest BCUT2D eigenvalue weighted by molar-refractivity contribution is 0.0424. The molecule has 2 atom stereocenters. The molecule has 120 valence electrons. The van der Waals surface area contributed by atoms with Crippen LogP contribution in [0, 0.1) is 0 Å². The number of hydrogen-bond acceptors (Lipinski definition) is 3. The van der Waals surface area contributed by atoms with E-state index in [0.717, 1.165) is 19.4 Å². The van der Waals surface area contributed by atoms with E-state index in [1.165, 1.54) is 37.9 Å². The monoisotopic (exact) mass is 292 g/mol. The van der Waals surface area contributed by atoms with Crippen molar-refractivity contribution in [3.05, 3.63) is 18.0 Å². The van der Waals surface area contributed by atoms with Gasteiger partial charge >= 0.3 is 0 Å². The summed E-state index contributed by atoms with van der Waals surface area (Å²) in [6, 6.07) is 0.356. The van der Waals surface area contributed by atoms with Gasteiger partial charge in [0, 0.05) is 24.3 Å². The van der Waals surface area contributed by atoms with Gasteiger partial charge in [0.1, 0.15) is 0 Å². The molecule has 1 aromatic rings. The maximum absolute atomic E-state index is 4.40. The van der Waals surface area contributed by atoms with Crippen molar-refractivity contribution in [1.29, 1.82) is 0 Å². The number of rotatable bonds is 7. The molecule has 4 nitrogen and oxygen atoms in total. The summed E-state index contributed by atoms with van der Waals surface area (Å²) in [7, 11) is 2.00. The number of likely N-dealkylation sites (tertiary alicyclic amines) is 1. The van der Waals surface area contributed by atoms with E-state index < -0.39 is 0 Å². The lowest BCUT2D eigenvalue weighted by atomic mass is 9.82. The van der Waals surface area contributed by atoms with E-state index in [0.29, 0.717) is 6.04 Å². The second kappa shape index (κ2) is 7.41. The standard InChI is InChI=1S/C17H32N4/c1-5-10-18-16(15-13-19-20(4)14-15)17(3,6-2)21-11-8-7-9-12-21/h13-14,16,18H,5-12H2,1-4H3. The molecule has 0 aromatic carbocycles. The Morgan fingerprint density at radius 3 is 2.52 bits per heavy atom. The number of nitrogens with one attached hydrogen (secondary N) is 1. The van der Waals surface area contributed by atoms with Gasteiger partial charge in [-0.3, -0.25) is 9.58 Å². The van der Waals surface area contributed by atoms with Crippen LogP contribution in [0.15, 0.2) is 12.4 Å². The third kappa shape index (κ3) is 3.67. The van der Waals surface area contributed by atoms with Crippen molar-refractivity contribution in [2.24, 2.45) is 7.05 Å². The first-order valence-electron chi connectivity index (χ1n) is 8.58. The summed E-state index contributed by atoms with van der Waals surface area (Å²) < 4.78 is 1.92. The zero-order valence-electron chi connectivity index (χ0n) is 14.2. The van der Waals surface area contributed by atoms with E-state index in [-0.39, 0.29) is 5.54 Å². The SMILES string of the molecule is CCCNC(c1cnn(C)c1)C(C)(CC)N1CCCCC1. The first-order valence-corrected chi connectivity index (χ1v) is 8.58. The Labute approximate surface area is 129 Å². The van der Waals surface area contributed by atoms with Gasteiger partial charge in [-0.15, -0.1) is 0 Å². The Morgan fingerprint density at radius 1 is 1.29 bits per heavy atom. The van der Waals surface area contributed by atoms with Gasteiger partial charge in [0.05, 0.1) is 12.2 Å². The summed E-state index contributed by atoms with van der Waals surface area (Å²) in [5.74, 6) is 0. The van der Waals surface area contributed by atoms with Crippen molar-refractivity contribution in [2.45, 2.75) is 64.5 Å². The predicted octanol–water partition coefficient (Wildman–Crippen LogP) is 3.12. The molecule has 4 heteroatoms. The minimum absolute atomic E-state index is 0.165. The quantitative estimate of drug-likeness (QED) is 0.838. The summed E-state index contributed by atoms with van der Waals surface area (Å²) in [5, 5.41) is 8.19. The van der Waals surface area contributed by atoms with E-state index in [9.17, 15) is 0 Å². The highest BCUT2D eigenvalue weighted by Gasteiger charge is 2.39. The highest BCUT2D eigenvalue weighted by Crippen LogP contribution is 2.36. The van der Waals surface area contributed by atoms with Gasteiger partial charge in [-0.05, 0) is 52.2 Å². The fraction of sp³-hybridized carbons (Fsp3) is 0.824. The molecule has 21 heavy (non-hydrogen) atoms. The second-order valence-corrected chi connectivity index (χ2v) is 6.59. The van der Waals surface area contributed by atoms with Crippen LogP contribution >= 0.6 is 0 Å². The molecule has 1 aromatic heterocycles. The molecule has 0 saturated carbocycles. The van der Waals surface area contributed by atoms with Crippen molar-refractivity contribution in [3.63, 3.8) is 0 Å². The van der Waals surface area contributed by atoms with Crippen LogP contribution in [0.4, 0.5) is 0 Å². The number of nitrogens with zero attached hydrogens (tertiary/aromatic N) is 3. The molecule has 1 N–H and O–H groups in total. The van der Waals surface area contributed by atoms with Gasteiger partial charge in [-0.25, -0.2) is 0 Å². The number of piperidine rings is 1. The van der Waals surface area contributed by atoms with Gasteiger partial charge in [0.2, 0.25) is 0 Å². The molecule has 1 aliphatic heterocycles. The second-order valence-electron chi connectivity index (χ2n) is 6.59. The van der Waals surface area contributed by atoms with Crippen LogP contribution < -0.4 is 5.32 Å². The van der Waals surface area contributed by atoms with Crippen molar-refractivity contribution in [3.8, 4) is 0 Å². The Bertz CT molecular complexity index is 422. The third-order valence-electron chi connectivity index (χ3n) is 5.07. The number of aromatic nitrogens is 2. The first-order chi connectivity index (χ1) is 10.1. The number of hydrogen-bond donors (Lipinski definition) is 1. The van der Waals surface area contributed by atoms with E-state index in [4.69, 9.17) is 0 Å². The molecule has 1 aliphatic rings. The Hall–Kier alpha value is -0.870. The third-order valence-corrected chi connectivity index (χ3v) is 5.07. The van der Waals surface area contributed by atoms with Crippen molar-refractivity contribution in [1.82, 2.24) is 20.0 Å². The van der Waals surface area contributed by atoms with Crippen LogP contribution in [0.2, 0.25) is 0 Å². The summed E-state index contributed by atoms with van der Waals surface area (Å²) >= 11 is 0. The fourth-order valence-corrected chi connectivity index (χ4v) is 3.59. The average molecular weight is 292 g/mol. The van der Waals surface area contributed by atoms with Crippen molar-refractivity contribution >= 4 is 0 Å². The zero-order valence-corrected chi connectivity index (χ0v) is 14.2. The molecule has 0 radical (unpaired) electrons. The van der Waals surface area contributed by atoms with E-state index in [2.05, 4.69) is 42.3 Å². The highest BCUT2D eigenvalue weighted by atomic mass is 15.3. The lowest BCUT2D eigenvalue weighted by Gasteiger charge is -2.48. The van der Waals surface area contributed by atoms with Crippen LogP contribution in [0.3, 0.4) is 0 Å². The lowest BCUT2D eigenvalue weighted by Crippen LogP contribution is -2.56. The zero-order chi connectivity index (χ0) is 15.3. The Kier molecular flexibility index (Phi) is 5.82. The molecule has 2 rings (SSSR count). The first kappa shape index (κ1) is 16.5. The summed E-state index contributed by atoms with van der Waals surface area (Å²) in [6.07, 6.45) is 10.6. The summed E-state index contributed by atoms with van der Waals surface area (Å²) in [5.41, 5.74) is 1.49. The van der Waals surface area contributed by atoms with Crippen LogP contribution in [0.5, 0.6) is 0 Å². The van der Waals surface area contributed by atoms with Gasteiger partial charge in [0.15, 0.2) is 0 Å². The molecule has 1 fully saturated rings. The smallest absolute Gasteiger partial charge is 0.0538 e. The van der Waals surface area contributed by atoms with Crippen LogP contribution in [0.25, 0.3) is 0 Å². The van der Waals surface area contributed by atoms with Gasteiger partial charge in [-0.1, -0.05) is 20.3 Å². The molecule has 2 heterocycles. The molecule has 0 spiro atoms. The molecule has 0 bridgehead atoms. The Balaban J connectivity index is 2.26. The maximum Gasteiger partial charge on any atom is 0.0538 e. The minimum Gasteiger partial charge on any atom is -0.308 e. The fourth-order valence-electron chi connectivity index (χ4n) is 3.59. The highest BCUT2D eigenvalue weighted by molar-refractivity contribution is 5.17. The number of aryl methyl sites for hydroxylation is 1. The normalized spacial score (nSPS) is 21.1. The van der Waals surface area contributed by atoms with E-state index in [1.54, 1.807) is 0 Å². The van der Waals surface area contributed by atoms with Gasteiger partial charge in [-0.2, -0.15) is 5.10 Å². The molecule has 0 aliphatic carbocycles. The van der Waals surface area contributed by atoms with Gasteiger partial charge < -0.3 is 5.32 Å². The van der Waals surface area contributed by atoms with E-state index in [1.807, 2.05) is 17.9 Å². The predicted molar refractivity (Wildman–Crippen MR) is 88.4 cm³/mol. The molecule has 0 amide bonds. The largest absolute Gasteiger partial charge is 0.308 e. The van der Waals surface area contributed by atoms with Crippen LogP contribution in [-0.2, 0) is 7.05 Å². The maximum atomic E-state index is 4.40. The van der Waals surface area contributed by atoms with Crippen molar-refractivity contribution < 1.29 is 0 Å². The van der Waals surface area contributed by atoms with Crippen LogP contribution in [0.1, 0.15) is 64.5 Å². The topological polar surface area (TPSA) is 33.1 Å². The van der Waals surface area contributed by atoms with Crippen molar-refractivity contribution in [2.75, 3.05) is 19.6 Å². The van der Waals surface area contributed by atoms with E-state index >= 15 is 0 Å². The summed E-state index contributed by atoms with van der Waals surface area (Å²) in [6.45, 7) is 10.5. The average Bonchev–Trinajstić information content (AvgIpc) is 2.94. The summed E-state index contributed by atoms with van der Waals surface area (Å²) in [4.78, 5) is 2.71. The molecule has 1 saturated heterocycles. The molecule has 2 unspecified atom stereocenters. The molecular weight excluding hydrogens is 260 g/mol. The Morgan fingerprint density at radius 2 is 2.00 bits per heavy atom. The van der Waals surface area contributed by atoms with Gasteiger partial charge in [0.25, 0.3) is 0 Å².